The summed E-state index contributed by atoms with van der Waals surface area (Å²) in [4.78, 5) is 4.34. The molecular weight excluding hydrogens is 250 g/mol. The van der Waals surface area contributed by atoms with E-state index in [9.17, 15) is 0 Å². The Morgan fingerprint density at radius 3 is 2.55 bits per heavy atom. The van der Waals surface area contributed by atoms with Crippen LogP contribution in [0.1, 0.15) is 33.3 Å². The first-order chi connectivity index (χ1) is 9.45. The second kappa shape index (κ2) is 6.16. The van der Waals surface area contributed by atoms with Gasteiger partial charge in [-0.25, -0.2) is 0 Å². The van der Waals surface area contributed by atoms with Crippen LogP contribution in [-0.4, -0.2) is 31.7 Å². The highest BCUT2D eigenvalue weighted by Crippen LogP contribution is 2.24. The maximum Gasteiger partial charge on any atom is 0.191 e. The van der Waals surface area contributed by atoms with Gasteiger partial charge in [-0.2, -0.15) is 0 Å². The van der Waals surface area contributed by atoms with Gasteiger partial charge in [0, 0.05) is 6.04 Å². The fraction of sp³-hybridized carbons (Fsp3) is 0.562. The van der Waals surface area contributed by atoms with Crippen LogP contribution < -0.4 is 15.4 Å². The Bertz CT molecular complexity index is 460. The van der Waals surface area contributed by atoms with Gasteiger partial charge in [0.15, 0.2) is 5.96 Å². The van der Waals surface area contributed by atoms with Crippen molar-refractivity contribution in [3.05, 3.63) is 29.8 Å². The molecule has 1 unspecified atom stereocenters. The fourth-order valence-corrected chi connectivity index (χ4v) is 2.05. The molecule has 4 nitrogen and oxygen atoms in total. The van der Waals surface area contributed by atoms with Crippen molar-refractivity contribution in [3.63, 3.8) is 0 Å². The summed E-state index contributed by atoms with van der Waals surface area (Å²) in [6, 6.07) is 8.77. The minimum Gasteiger partial charge on any atom is -0.492 e. The molecule has 4 heteroatoms. The van der Waals surface area contributed by atoms with Crippen LogP contribution in [0, 0.1) is 0 Å². The van der Waals surface area contributed by atoms with Crippen molar-refractivity contribution in [2.45, 2.75) is 39.2 Å². The van der Waals surface area contributed by atoms with E-state index in [0.29, 0.717) is 12.6 Å². The van der Waals surface area contributed by atoms with E-state index in [1.165, 1.54) is 5.56 Å². The SMILES string of the molecule is CC1CN=C(NCCOc2ccc(C(C)(C)C)cc2)N1. The maximum absolute atomic E-state index is 5.72. The predicted molar refractivity (Wildman–Crippen MR) is 83.5 cm³/mol. The largest absolute Gasteiger partial charge is 0.492 e. The molecule has 1 aromatic carbocycles. The van der Waals surface area contributed by atoms with Crippen molar-refractivity contribution in [2.75, 3.05) is 19.7 Å². The molecule has 0 saturated carbocycles. The molecule has 1 aliphatic rings. The third-order valence-corrected chi connectivity index (χ3v) is 3.29. The van der Waals surface area contributed by atoms with Gasteiger partial charge in [-0.05, 0) is 30.0 Å². The molecule has 0 amide bonds. The summed E-state index contributed by atoms with van der Waals surface area (Å²) in [5, 5.41) is 6.49. The summed E-state index contributed by atoms with van der Waals surface area (Å²) in [5.41, 5.74) is 1.50. The second-order valence-corrected chi connectivity index (χ2v) is 6.28. The zero-order valence-corrected chi connectivity index (χ0v) is 12.9. The lowest BCUT2D eigenvalue weighted by atomic mass is 9.87. The molecule has 0 fully saturated rings. The zero-order valence-electron chi connectivity index (χ0n) is 12.9. The molecule has 0 aliphatic carbocycles. The molecule has 2 rings (SSSR count). The standard InChI is InChI=1S/C16H25N3O/c1-12-11-18-15(19-12)17-9-10-20-14-7-5-13(6-8-14)16(2,3)4/h5-8,12H,9-11H2,1-4H3,(H2,17,18,19). The highest BCUT2D eigenvalue weighted by Gasteiger charge is 2.13. The number of aliphatic imine (C=N–C) groups is 1. The number of guanidine groups is 1. The number of hydrogen-bond acceptors (Lipinski definition) is 4. The van der Waals surface area contributed by atoms with Crippen LogP contribution in [0.4, 0.5) is 0 Å². The van der Waals surface area contributed by atoms with Crippen molar-refractivity contribution < 1.29 is 4.74 Å². The van der Waals surface area contributed by atoms with E-state index in [1.54, 1.807) is 0 Å². The molecule has 0 saturated heterocycles. The van der Waals surface area contributed by atoms with E-state index >= 15 is 0 Å². The van der Waals surface area contributed by atoms with Crippen LogP contribution in [0.2, 0.25) is 0 Å². The predicted octanol–water partition coefficient (Wildman–Crippen LogP) is 2.30. The Kier molecular flexibility index (Phi) is 4.53. The summed E-state index contributed by atoms with van der Waals surface area (Å²) in [6.45, 7) is 11.0. The Hall–Kier alpha value is -1.71. The summed E-state index contributed by atoms with van der Waals surface area (Å²) in [6.07, 6.45) is 0. The van der Waals surface area contributed by atoms with E-state index < -0.39 is 0 Å². The summed E-state index contributed by atoms with van der Waals surface area (Å²) in [7, 11) is 0. The molecule has 20 heavy (non-hydrogen) atoms. The Labute approximate surface area is 121 Å². The number of benzene rings is 1. The number of nitrogens with zero attached hydrogens (tertiary/aromatic N) is 1. The highest BCUT2D eigenvalue weighted by molar-refractivity contribution is 5.81. The third-order valence-electron chi connectivity index (χ3n) is 3.29. The second-order valence-electron chi connectivity index (χ2n) is 6.28. The number of ether oxygens (including phenoxy) is 1. The molecule has 110 valence electrons. The molecule has 0 radical (unpaired) electrons. The molecule has 1 aromatic rings. The van der Waals surface area contributed by atoms with Crippen molar-refractivity contribution in [1.82, 2.24) is 10.6 Å². The number of rotatable bonds is 4. The maximum atomic E-state index is 5.72. The summed E-state index contributed by atoms with van der Waals surface area (Å²) >= 11 is 0. The molecular formula is C16H25N3O. The van der Waals surface area contributed by atoms with Crippen LogP contribution in [0.5, 0.6) is 5.75 Å². The van der Waals surface area contributed by atoms with E-state index in [1.807, 2.05) is 12.1 Å². The average molecular weight is 275 g/mol. The smallest absolute Gasteiger partial charge is 0.191 e. The topological polar surface area (TPSA) is 45.7 Å². The van der Waals surface area contributed by atoms with Crippen LogP contribution in [0.3, 0.4) is 0 Å². The van der Waals surface area contributed by atoms with E-state index in [4.69, 9.17) is 4.74 Å². The molecule has 0 spiro atoms. The minimum atomic E-state index is 0.184. The van der Waals surface area contributed by atoms with Crippen LogP contribution in [0.25, 0.3) is 0 Å². The highest BCUT2D eigenvalue weighted by atomic mass is 16.5. The van der Waals surface area contributed by atoms with Gasteiger partial charge in [0.05, 0.1) is 13.1 Å². The first-order valence-electron chi connectivity index (χ1n) is 7.23. The summed E-state index contributed by atoms with van der Waals surface area (Å²) < 4.78 is 5.72. The molecule has 2 N–H and O–H groups in total. The number of nitrogens with one attached hydrogen (secondary N) is 2. The summed E-state index contributed by atoms with van der Waals surface area (Å²) in [5.74, 6) is 1.79. The van der Waals surface area contributed by atoms with Gasteiger partial charge in [0.2, 0.25) is 0 Å². The van der Waals surface area contributed by atoms with Gasteiger partial charge >= 0.3 is 0 Å². The quantitative estimate of drug-likeness (QED) is 0.829. The van der Waals surface area contributed by atoms with Crippen molar-refractivity contribution in [2.24, 2.45) is 4.99 Å². The van der Waals surface area contributed by atoms with Crippen molar-refractivity contribution in [1.29, 1.82) is 0 Å². The van der Waals surface area contributed by atoms with Gasteiger partial charge in [0.1, 0.15) is 12.4 Å². The Morgan fingerprint density at radius 2 is 2.00 bits per heavy atom. The lowest BCUT2D eigenvalue weighted by molar-refractivity contribution is 0.322. The minimum absolute atomic E-state index is 0.184. The average Bonchev–Trinajstić information content (AvgIpc) is 2.80. The first-order valence-corrected chi connectivity index (χ1v) is 7.23. The third kappa shape index (κ3) is 4.15. The molecule has 0 bridgehead atoms. The fourth-order valence-electron chi connectivity index (χ4n) is 2.05. The number of hydrogen-bond donors (Lipinski definition) is 2. The Balaban J connectivity index is 1.72. The van der Waals surface area contributed by atoms with Crippen LogP contribution >= 0.6 is 0 Å². The van der Waals surface area contributed by atoms with E-state index in [0.717, 1.165) is 24.8 Å². The monoisotopic (exact) mass is 275 g/mol. The Morgan fingerprint density at radius 1 is 1.30 bits per heavy atom. The van der Waals surface area contributed by atoms with Crippen LogP contribution in [0.15, 0.2) is 29.3 Å². The van der Waals surface area contributed by atoms with Crippen LogP contribution in [-0.2, 0) is 5.41 Å². The van der Waals surface area contributed by atoms with E-state index in [-0.39, 0.29) is 5.41 Å². The van der Waals surface area contributed by atoms with Crippen molar-refractivity contribution in [3.8, 4) is 5.75 Å². The van der Waals surface area contributed by atoms with Gasteiger partial charge < -0.3 is 15.4 Å². The lowest BCUT2D eigenvalue weighted by Crippen LogP contribution is -2.39. The van der Waals surface area contributed by atoms with Gasteiger partial charge in [-0.15, -0.1) is 0 Å². The first kappa shape index (κ1) is 14.7. The molecule has 0 aromatic heterocycles. The van der Waals surface area contributed by atoms with Gasteiger partial charge in [-0.3, -0.25) is 4.99 Å². The lowest BCUT2D eigenvalue weighted by Gasteiger charge is -2.19. The van der Waals surface area contributed by atoms with Crippen molar-refractivity contribution >= 4 is 5.96 Å². The zero-order chi connectivity index (χ0) is 14.6. The molecule has 1 aliphatic heterocycles. The van der Waals surface area contributed by atoms with E-state index in [2.05, 4.69) is 55.5 Å². The van der Waals surface area contributed by atoms with Gasteiger partial charge in [-0.1, -0.05) is 32.9 Å². The molecule has 1 atom stereocenters. The molecule has 1 heterocycles. The van der Waals surface area contributed by atoms with Gasteiger partial charge in [0.25, 0.3) is 0 Å². The normalized spacial score (nSPS) is 18.4.